The molecule has 0 saturated carbocycles. The maximum absolute atomic E-state index is 4.53. The number of nitrogens with zero attached hydrogens (tertiary/aromatic N) is 2. The van der Waals surface area contributed by atoms with Crippen LogP contribution in [0.15, 0.2) is 18.3 Å². The van der Waals surface area contributed by atoms with Crippen molar-refractivity contribution in [2.45, 2.75) is 44.8 Å². The van der Waals surface area contributed by atoms with Crippen molar-refractivity contribution in [3.05, 3.63) is 29.6 Å². The van der Waals surface area contributed by atoms with Gasteiger partial charge in [0.25, 0.3) is 0 Å². The predicted octanol–water partition coefficient (Wildman–Crippen LogP) is 2.68. The first-order chi connectivity index (χ1) is 6.79. The van der Waals surface area contributed by atoms with Crippen molar-refractivity contribution in [3.8, 4) is 0 Å². The van der Waals surface area contributed by atoms with Crippen LogP contribution >= 0.6 is 0 Å². The molecule has 1 aromatic rings. The average molecular weight is 188 g/mol. The van der Waals surface area contributed by atoms with Crippen LogP contribution in [0.3, 0.4) is 0 Å². The van der Waals surface area contributed by atoms with Crippen molar-refractivity contribution >= 4 is 0 Å². The van der Waals surface area contributed by atoms with Crippen LogP contribution < -0.4 is 0 Å². The molecule has 0 N–H and O–H groups in total. The third-order valence-corrected chi connectivity index (χ3v) is 3.58. The predicted molar refractivity (Wildman–Crippen MR) is 55.9 cm³/mol. The van der Waals surface area contributed by atoms with E-state index in [4.69, 9.17) is 0 Å². The summed E-state index contributed by atoms with van der Waals surface area (Å²) in [5.74, 6) is 0. The first kappa shape index (κ1) is 8.42. The molecule has 1 aromatic heterocycles. The van der Waals surface area contributed by atoms with Crippen LogP contribution in [0.1, 0.15) is 50.0 Å². The van der Waals surface area contributed by atoms with Crippen molar-refractivity contribution in [2.24, 2.45) is 0 Å². The van der Waals surface area contributed by atoms with E-state index in [9.17, 15) is 0 Å². The Kier molecular flexibility index (Phi) is 1.68. The van der Waals surface area contributed by atoms with Gasteiger partial charge in [0.15, 0.2) is 0 Å². The molecule has 0 aromatic carbocycles. The largest absolute Gasteiger partial charge is 0.285 e. The van der Waals surface area contributed by atoms with E-state index in [0.29, 0.717) is 18.1 Å². The third kappa shape index (κ3) is 0.921. The highest BCUT2D eigenvalue weighted by Gasteiger charge is 2.45. The van der Waals surface area contributed by atoms with Crippen LogP contribution in [0.25, 0.3) is 0 Å². The zero-order valence-corrected chi connectivity index (χ0v) is 8.77. The fourth-order valence-electron chi connectivity index (χ4n) is 3.14. The third-order valence-electron chi connectivity index (χ3n) is 3.58. The maximum Gasteiger partial charge on any atom is 0.0623 e. The van der Waals surface area contributed by atoms with E-state index in [1.807, 2.05) is 6.20 Å². The lowest BCUT2D eigenvalue weighted by molar-refractivity contribution is 0.172. The molecule has 14 heavy (non-hydrogen) atoms. The number of hydrogen-bond donors (Lipinski definition) is 0. The van der Waals surface area contributed by atoms with Gasteiger partial charge in [0.05, 0.1) is 11.7 Å². The molecule has 0 aliphatic carbocycles. The Bertz CT molecular complexity index is 328. The normalized spacial score (nSPS) is 29.9. The summed E-state index contributed by atoms with van der Waals surface area (Å²) >= 11 is 0. The van der Waals surface area contributed by atoms with Gasteiger partial charge in [0, 0.05) is 18.3 Å². The van der Waals surface area contributed by atoms with E-state index >= 15 is 0 Å². The van der Waals surface area contributed by atoms with Gasteiger partial charge in [0.2, 0.25) is 0 Å². The number of pyridine rings is 1. The van der Waals surface area contributed by atoms with Gasteiger partial charge in [0.1, 0.15) is 0 Å². The second-order valence-electron chi connectivity index (χ2n) is 4.63. The van der Waals surface area contributed by atoms with Gasteiger partial charge < -0.3 is 0 Å². The topological polar surface area (TPSA) is 16.1 Å². The van der Waals surface area contributed by atoms with Crippen molar-refractivity contribution in [2.75, 3.05) is 0 Å². The van der Waals surface area contributed by atoms with Crippen molar-refractivity contribution in [1.82, 2.24) is 9.88 Å². The minimum absolute atomic E-state index is 0.608. The first-order valence-electron chi connectivity index (χ1n) is 5.51. The van der Waals surface area contributed by atoms with Crippen LogP contribution in [0.4, 0.5) is 0 Å². The molecule has 74 valence electrons. The van der Waals surface area contributed by atoms with Gasteiger partial charge in [-0.2, -0.15) is 0 Å². The quantitative estimate of drug-likeness (QED) is 0.673. The summed E-state index contributed by atoms with van der Waals surface area (Å²) in [6.07, 6.45) is 4.55. The summed E-state index contributed by atoms with van der Waals surface area (Å²) in [6.45, 7) is 4.58. The first-order valence-corrected chi connectivity index (χ1v) is 5.51. The van der Waals surface area contributed by atoms with Crippen LogP contribution in [-0.4, -0.2) is 15.9 Å². The summed E-state index contributed by atoms with van der Waals surface area (Å²) in [5.41, 5.74) is 2.83. The lowest BCUT2D eigenvalue weighted by atomic mass is 9.96. The van der Waals surface area contributed by atoms with Crippen LogP contribution in [0, 0.1) is 0 Å². The molecule has 2 heteroatoms. The SMILES string of the molecule is CC(C)N1C2CCC1c1ncccc12. The van der Waals surface area contributed by atoms with E-state index in [1.165, 1.54) is 24.1 Å². The number of aromatic nitrogens is 1. The summed E-state index contributed by atoms with van der Waals surface area (Å²) in [5, 5.41) is 0. The van der Waals surface area contributed by atoms with E-state index in [0.717, 1.165) is 0 Å². The summed E-state index contributed by atoms with van der Waals surface area (Å²) < 4.78 is 0. The van der Waals surface area contributed by atoms with Gasteiger partial charge in [-0.05, 0) is 38.3 Å². The Balaban J connectivity index is 2.09. The standard InChI is InChI=1S/C12H16N2/c1-8(2)14-10-5-6-11(14)12-9(10)4-3-7-13-12/h3-4,7-8,10-11H,5-6H2,1-2H3. The molecule has 0 spiro atoms. The molecular weight excluding hydrogens is 172 g/mol. The fraction of sp³-hybridized carbons (Fsp3) is 0.583. The van der Waals surface area contributed by atoms with E-state index in [-0.39, 0.29) is 0 Å². The molecule has 1 saturated heterocycles. The van der Waals surface area contributed by atoms with E-state index in [1.54, 1.807) is 0 Å². The van der Waals surface area contributed by atoms with E-state index < -0.39 is 0 Å². The highest BCUT2D eigenvalue weighted by Crippen LogP contribution is 2.52. The number of hydrogen-bond acceptors (Lipinski definition) is 2. The van der Waals surface area contributed by atoms with E-state index in [2.05, 4.69) is 35.9 Å². The lowest BCUT2D eigenvalue weighted by Gasteiger charge is -2.25. The van der Waals surface area contributed by atoms with Crippen molar-refractivity contribution in [1.29, 1.82) is 0 Å². The molecule has 0 amide bonds. The van der Waals surface area contributed by atoms with Gasteiger partial charge in [-0.25, -0.2) is 0 Å². The molecule has 0 radical (unpaired) electrons. The summed E-state index contributed by atoms with van der Waals surface area (Å²) in [6, 6.07) is 6.22. The highest BCUT2D eigenvalue weighted by atomic mass is 15.3. The van der Waals surface area contributed by atoms with Crippen molar-refractivity contribution in [3.63, 3.8) is 0 Å². The molecule has 2 bridgehead atoms. The lowest BCUT2D eigenvalue weighted by Crippen LogP contribution is -2.27. The molecule has 3 rings (SSSR count). The minimum Gasteiger partial charge on any atom is -0.285 e. The second kappa shape index (κ2) is 2.80. The number of rotatable bonds is 1. The zero-order valence-electron chi connectivity index (χ0n) is 8.77. The summed E-state index contributed by atoms with van der Waals surface area (Å²) in [4.78, 5) is 7.16. The minimum atomic E-state index is 0.608. The molecule has 2 aliphatic heterocycles. The Hall–Kier alpha value is -0.890. The fourth-order valence-corrected chi connectivity index (χ4v) is 3.14. The molecule has 2 unspecified atom stereocenters. The monoisotopic (exact) mass is 188 g/mol. The molecule has 2 nitrogen and oxygen atoms in total. The highest BCUT2D eigenvalue weighted by molar-refractivity contribution is 5.35. The van der Waals surface area contributed by atoms with Gasteiger partial charge in [-0.1, -0.05) is 6.07 Å². The Morgan fingerprint density at radius 3 is 2.86 bits per heavy atom. The second-order valence-corrected chi connectivity index (χ2v) is 4.63. The molecular formula is C12H16N2. The smallest absolute Gasteiger partial charge is 0.0623 e. The number of fused-ring (bicyclic) bond motifs is 5. The van der Waals surface area contributed by atoms with Crippen LogP contribution in [0.5, 0.6) is 0 Å². The zero-order chi connectivity index (χ0) is 9.71. The van der Waals surface area contributed by atoms with Crippen molar-refractivity contribution < 1.29 is 0 Å². The molecule has 2 atom stereocenters. The van der Waals surface area contributed by atoms with Crippen LogP contribution in [-0.2, 0) is 0 Å². The van der Waals surface area contributed by atoms with Gasteiger partial charge >= 0.3 is 0 Å². The average Bonchev–Trinajstić information content (AvgIpc) is 2.73. The van der Waals surface area contributed by atoms with Crippen LogP contribution in [0.2, 0.25) is 0 Å². The Morgan fingerprint density at radius 1 is 1.36 bits per heavy atom. The Labute approximate surface area is 85.0 Å². The molecule has 2 aliphatic rings. The maximum atomic E-state index is 4.53. The van der Waals surface area contributed by atoms with Gasteiger partial charge in [-0.3, -0.25) is 9.88 Å². The summed E-state index contributed by atoms with van der Waals surface area (Å²) in [7, 11) is 0. The Morgan fingerprint density at radius 2 is 2.14 bits per heavy atom. The van der Waals surface area contributed by atoms with Gasteiger partial charge in [-0.15, -0.1) is 0 Å². The molecule has 1 fully saturated rings. The molecule has 3 heterocycles.